The van der Waals surface area contributed by atoms with Crippen molar-refractivity contribution in [1.82, 2.24) is 14.6 Å². The van der Waals surface area contributed by atoms with Crippen LogP contribution in [0.1, 0.15) is 5.56 Å². The van der Waals surface area contributed by atoms with Crippen molar-refractivity contribution in [2.75, 3.05) is 21.3 Å². The van der Waals surface area contributed by atoms with E-state index in [1.807, 2.05) is 36.4 Å². The van der Waals surface area contributed by atoms with Gasteiger partial charge < -0.3 is 14.2 Å². The molecule has 0 radical (unpaired) electrons. The molecule has 7 nitrogen and oxygen atoms in total. The summed E-state index contributed by atoms with van der Waals surface area (Å²) in [6, 6.07) is 12.8. The maximum Gasteiger partial charge on any atom is 0.291 e. The van der Waals surface area contributed by atoms with Crippen molar-refractivity contribution < 1.29 is 14.2 Å². The fourth-order valence-electron chi connectivity index (χ4n) is 2.78. The minimum atomic E-state index is -0.217. The van der Waals surface area contributed by atoms with Crippen LogP contribution in [0.3, 0.4) is 0 Å². The van der Waals surface area contributed by atoms with Crippen molar-refractivity contribution in [3.8, 4) is 28.6 Å². The monoisotopic (exact) mass is 395 g/mol. The van der Waals surface area contributed by atoms with Gasteiger partial charge in [-0.05, 0) is 42.5 Å². The summed E-state index contributed by atoms with van der Waals surface area (Å²) < 4.78 is 17.6. The Balaban J connectivity index is 1.76. The van der Waals surface area contributed by atoms with E-state index < -0.39 is 0 Å². The summed E-state index contributed by atoms with van der Waals surface area (Å²) in [6.45, 7) is 0. The SMILES string of the molecule is COc1ccc(-c2nc3s/c(=C\c4ccc(OC)cc4OC)c(=O)n3n2)cc1. The third kappa shape index (κ3) is 3.18. The molecule has 0 amide bonds. The molecule has 2 aromatic carbocycles. The molecule has 0 unspecified atom stereocenters. The number of methoxy groups -OCH3 is 3. The fraction of sp³-hybridized carbons (Fsp3) is 0.150. The highest BCUT2D eigenvalue weighted by Crippen LogP contribution is 2.25. The van der Waals surface area contributed by atoms with Gasteiger partial charge in [-0.2, -0.15) is 9.50 Å². The van der Waals surface area contributed by atoms with E-state index in [2.05, 4.69) is 10.1 Å². The third-order valence-electron chi connectivity index (χ3n) is 4.26. The largest absolute Gasteiger partial charge is 0.497 e. The van der Waals surface area contributed by atoms with Gasteiger partial charge in [0, 0.05) is 17.2 Å². The van der Waals surface area contributed by atoms with E-state index in [0.717, 1.165) is 16.9 Å². The molecule has 2 heterocycles. The second-order valence-electron chi connectivity index (χ2n) is 5.88. The number of hydrogen-bond donors (Lipinski definition) is 0. The lowest BCUT2D eigenvalue weighted by atomic mass is 10.2. The van der Waals surface area contributed by atoms with Crippen molar-refractivity contribution in [1.29, 1.82) is 0 Å². The summed E-state index contributed by atoms with van der Waals surface area (Å²) in [5, 5.41) is 4.36. The van der Waals surface area contributed by atoms with Crippen LogP contribution in [0.2, 0.25) is 0 Å². The van der Waals surface area contributed by atoms with Crippen molar-refractivity contribution in [3.63, 3.8) is 0 Å². The molecule has 0 spiro atoms. The molecule has 0 bridgehead atoms. The molecule has 0 aliphatic heterocycles. The van der Waals surface area contributed by atoms with Crippen LogP contribution in [0.5, 0.6) is 17.2 Å². The van der Waals surface area contributed by atoms with Crippen LogP contribution < -0.4 is 24.3 Å². The molecule has 28 heavy (non-hydrogen) atoms. The number of aromatic nitrogens is 3. The first kappa shape index (κ1) is 18.0. The van der Waals surface area contributed by atoms with Crippen LogP contribution in [-0.2, 0) is 0 Å². The molecule has 142 valence electrons. The number of nitrogens with zero attached hydrogens (tertiary/aromatic N) is 3. The van der Waals surface area contributed by atoms with Crippen LogP contribution in [0.25, 0.3) is 22.4 Å². The van der Waals surface area contributed by atoms with Gasteiger partial charge in [-0.25, -0.2) is 0 Å². The number of fused-ring (bicyclic) bond motifs is 1. The quantitative estimate of drug-likeness (QED) is 0.517. The van der Waals surface area contributed by atoms with Crippen molar-refractivity contribution in [2.45, 2.75) is 0 Å². The van der Waals surface area contributed by atoms with Crippen LogP contribution in [0.15, 0.2) is 47.3 Å². The minimum absolute atomic E-state index is 0.217. The van der Waals surface area contributed by atoms with E-state index in [4.69, 9.17) is 14.2 Å². The Morgan fingerprint density at radius 2 is 1.68 bits per heavy atom. The molecular weight excluding hydrogens is 378 g/mol. The third-order valence-corrected chi connectivity index (χ3v) is 5.22. The lowest BCUT2D eigenvalue weighted by Gasteiger charge is -2.06. The Kier molecular flexibility index (Phi) is 4.70. The molecule has 4 aromatic rings. The molecular formula is C20H17N3O4S. The average Bonchev–Trinajstić information content (AvgIpc) is 3.28. The Labute approximate surface area is 164 Å². The maximum atomic E-state index is 12.8. The van der Waals surface area contributed by atoms with Gasteiger partial charge in [0.05, 0.1) is 25.9 Å². The maximum absolute atomic E-state index is 12.8. The summed E-state index contributed by atoms with van der Waals surface area (Å²) in [4.78, 5) is 17.8. The second kappa shape index (κ2) is 7.32. The van der Waals surface area contributed by atoms with Gasteiger partial charge in [-0.1, -0.05) is 11.3 Å². The molecule has 8 heteroatoms. The number of rotatable bonds is 5. The Bertz CT molecular complexity index is 1250. The van der Waals surface area contributed by atoms with Gasteiger partial charge in [0.15, 0.2) is 5.82 Å². The van der Waals surface area contributed by atoms with Gasteiger partial charge in [-0.15, -0.1) is 5.10 Å². The van der Waals surface area contributed by atoms with E-state index in [1.165, 1.54) is 15.9 Å². The zero-order valence-corrected chi connectivity index (χ0v) is 16.3. The fourth-order valence-corrected chi connectivity index (χ4v) is 3.67. The van der Waals surface area contributed by atoms with Crippen molar-refractivity contribution >= 4 is 22.4 Å². The topological polar surface area (TPSA) is 75.0 Å². The van der Waals surface area contributed by atoms with Crippen molar-refractivity contribution in [2.24, 2.45) is 0 Å². The van der Waals surface area contributed by atoms with Crippen LogP contribution in [0.4, 0.5) is 0 Å². The molecule has 0 N–H and O–H groups in total. The number of hydrogen-bond acceptors (Lipinski definition) is 7. The standard InChI is InChI=1S/C20H17N3O4S/c1-25-14-7-4-12(5-8-14)18-21-20-23(22-18)19(24)17(28-20)10-13-6-9-15(26-2)11-16(13)27-3/h4-11H,1-3H3/b17-10-. The van der Waals surface area contributed by atoms with E-state index in [-0.39, 0.29) is 5.56 Å². The van der Waals surface area contributed by atoms with Crippen LogP contribution in [0, 0.1) is 0 Å². The first-order valence-electron chi connectivity index (χ1n) is 8.40. The highest BCUT2D eigenvalue weighted by Gasteiger charge is 2.13. The average molecular weight is 395 g/mol. The highest BCUT2D eigenvalue weighted by molar-refractivity contribution is 7.15. The normalized spacial score (nSPS) is 11.8. The van der Waals surface area contributed by atoms with Gasteiger partial charge in [0.2, 0.25) is 4.96 Å². The summed E-state index contributed by atoms with van der Waals surface area (Å²) in [6.07, 6.45) is 1.77. The number of benzene rings is 2. The van der Waals surface area contributed by atoms with Gasteiger partial charge >= 0.3 is 0 Å². The molecule has 0 saturated heterocycles. The highest BCUT2D eigenvalue weighted by atomic mass is 32.1. The molecule has 0 atom stereocenters. The van der Waals surface area contributed by atoms with E-state index >= 15 is 0 Å². The molecule has 4 rings (SSSR count). The van der Waals surface area contributed by atoms with E-state index in [9.17, 15) is 4.79 Å². The predicted molar refractivity (Wildman–Crippen MR) is 107 cm³/mol. The molecule has 0 aliphatic carbocycles. The molecule has 2 aromatic heterocycles. The Morgan fingerprint density at radius 3 is 2.32 bits per heavy atom. The number of thiazole rings is 1. The predicted octanol–water partition coefficient (Wildman–Crippen LogP) is 2.39. The summed E-state index contributed by atoms with van der Waals surface area (Å²) in [5.74, 6) is 2.55. The zero-order valence-electron chi connectivity index (χ0n) is 15.5. The van der Waals surface area contributed by atoms with Crippen LogP contribution >= 0.6 is 11.3 Å². The molecule has 0 fully saturated rings. The van der Waals surface area contributed by atoms with E-state index in [1.54, 1.807) is 33.5 Å². The molecule has 0 saturated carbocycles. The van der Waals surface area contributed by atoms with E-state index in [0.29, 0.717) is 26.8 Å². The number of ether oxygens (including phenoxy) is 3. The summed E-state index contributed by atoms with van der Waals surface area (Å²) in [5.41, 5.74) is 1.38. The molecule has 0 aliphatic rings. The first-order chi connectivity index (χ1) is 13.6. The van der Waals surface area contributed by atoms with Crippen molar-refractivity contribution in [3.05, 3.63) is 62.9 Å². The smallest absolute Gasteiger partial charge is 0.291 e. The van der Waals surface area contributed by atoms with Crippen LogP contribution in [-0.4, -0.2) is 35.9 Å². The lowest BCUT2D eigenvalue weighted by Crippen LogP contribution is -2.23. The zero-order chi connectivity index (χ0) is 19.7. The minimum Gasteiger partial charge on any atom is -0.497 e. The van der Waals surface area contributed by atoms with Gasteiger partial charge in [0.25, 0.3) is 5.56 Å². The summed E-state index contributed by atoms with van der Waals surface area (Å²) >= 11 is 1.28. The summed E-state index contributed by atoms with van der Waals surface area (Å²) in [7, 11) is 4.78. The Hall–Kier alpha value is -3.39. The second-order valence-corrected chi connectivity index (χ2v) is 6.89. The Morgan fingerprint density at radius 1 is 0.964 bits per heavy atom. The first-order valence-corrected chi connectivity index (χ1v) is 9.22. The van der Waals surface area contributed by atoms with Gasteiger partial charge in [-0.3, -0.25) is 4.79 Å². The van der Waals surface area contributed by atoms with Gasteiger partial charge in [0.1, 0.15) is 17.2 Å². The lowest BCUT2D eigenvalue weighted by molar-refractivity contribution is 0.393.